The Morgan fingerprint density at radius 1 is 1.07 bits per heavy atom. The second kappa shape index (κ2) is 9.28. The van der Waals surface area contributed by atoms with Gasteiger partial charge in [0.2, 0.25) is 6.10 Å². The van der Waals surface area contributed by atoms with Gasteiger partial charge in [0.1, 0.15) is 0 Å². The highest BCUT2D eigenvalue weighted by Crippen LogP contribution is 2.12. The van der Waals surface area contributed by atoms with Gasteiger partial charge in [0.05, 0.1) is 18.9 Å². The first-order chi connectivity index (χ1) is 12.9. The fraction of sp³-hybridized carbons (Fsp3) is 0.200. The highest BCUT2D eigenvalue weighted by atomic mass is 16.6. The van der Waals surface area contributed by atoms with E-state index in [1.54, 1.807) is 55.5 Å². The number of amides is 1. The maximum atomic E-state index is 12.1. The van der Waals surface area contributed by atoms with E-state index in [9.17, 15) is 14.4 Å². The second-order valence-corrected chi connectivity index (χ2v) is 5.72. The van der Waals surface area contributed by atoms with Gasteiger partial charge in [-0.25, -0.2) is 4.79 Å². The van der Waals surface area contributed by atoms with E-state index in [4.69, 9.17) is 4.84 Å². The summed E-state index contributed by atoms with van der Waals surface area (Å²) >= 11 is 0. The number of benzene rings is 2. The average molecular weight is 368 g/mol. The fourth-order valence-corrected chi connectivity index (χ4v) is 2.11. The summed E-state index contributed by atoms with van der Waals surface area (Å²) in [6.07, 6.45) is 0.595. The number of nitrogens with zero attached hydrogens (tertiary/aromatic N) is 1. The van der Waals surface area contributed by atoms with Gasteiger partial charge in [-0.1, -0.05) is 29.4 Å². The number of ketones is 1. The lowest BCUT2D eigenvalue weighted by Crippen LogP contribution is -2.26. The first kappa shape index (κ1) is 19.8. The average Bonchev–Trinajstić information content (AvgIpc) is 2.68. The third-order valence-electron chi connectivity index (χ3n) is 3.66. The number of hydrogen-bond donors (Lipinski definition) is 1. The van der Waals surface area contributed by atoms with E-state index in [0.717, 1.165) is 0 Å². The summed E-state index contributed by atoms with van der Waals surface area (Å²) in [5.41, 5.74) is 2.14. The molecule has 0 saturated heterocycles. The number of rotatable bonds is 7. The molecule has 1 N–H and O–H groups in total. The van der Waals surface area contributed by atoms with Crippen LogP contribution in [0.25, 0.3) is 0 Å². The zero-order valence-electron chi connectivity index (χ0n) is 15.3. The van der Waals surface area contributed by atoms with Crippen LogP contribution in [0.3, 0.4) is 0 Å². The molecule has 0 aliphatic rings. The molecule has 0 aliphatic heterocycles. The molecule has 0 aliphatic carbocycles. The molecule has 1 amide bonds. The highest BCUT2D eigenvalue weighted by molar-refractivity contribution is 5.98. The number of Topliss-reactive ketones (excluding diaryl/α,β-unsaturated/α-hetero) is 1. The largest absolute Gasteiger partial charge is 0.465 e. The van der Waals surface area contributed by atoms with Gasteiger partial charge in [-0.05, 0) is 43.7 Å². The number of ether oxygens (including phenoxy) is 1. The van der Waals surface area contributed by atoms with Gasteiger partial charge < -0.3 is 14.9 Å². The van der Waals surface area contributed by atoms with Gasteiger partial charge in [0.15, 0.2) is 5.78 Å². The molecule has 0 saturated carbocycles. The number of hydrogen-bond acceptors (Lipinski definition) is 6. The topological polar surface area (TPSA) is 94.1 Å². The smallest absolute Gasteiger partial charge is 0.337 e. The molecule has 1 unspecified atom stereocenters. The Kier molecular flexibility index (Phi) is 6.82. The molecule has 2 aromatic rings. The van der Waals surface area contributed by atoms with Crippen LogP contribution in [0.4, 0.5) is 5.69 Å². The third-order valence-corrected chi connectivity index (χ3v) is 3.66. The first-order valence-electron chi connectivity index (χ1n) is 8.20. The summed E-state index contributed by atoms with van der Waals surface area (Å²) in [6, 6.07) is 13.2. The van der Waals surface area contributed by atoms with Gasteiger partial charge >= 0.3 is 5.97 Å². The van der Waals surface area contributed by atoms with Crippen LogP contribution in [0.15, 0.2) is 53.7 Å². The van der Waals surface area contributed by atoms with Crippen molar-refractivity contribution in [1.82, 2.24) is 0 Å². The maximum absolute atomic E-state index is 12.1. The lowest BCUT2D eigenvalue weighted by molar-refractivity contribution is -0.126. The SMILES string of the molecule is COC(=O)c1ccc(/C=N/OC(C)C(=O)Nc2cccc(C(C)=O)c2)cc1. The minimum absolute atomic E-state index is 0.0850. The van der Waals surface area contributed by atoms with Gasteiger partial charge in [0.25, 0.3) is 5.91 Å². The summed E-state index contributed by atoms with van der Waals surface area (Å²) in [7, 11) is 1.31. The molecule has 0 heterocycles. The number of methoxy groups -OCH3 is 1. The molecule has 0 aromatic heterocycles. The predicted octanol–water partition coefficient (Wildman–Crippen LogP) is 3.05. The summed E-state index contributed by atoms with van der Waals surface area (Å²) in [5, 5.41) is 6.46. The summed E-state index contributed by atoms with van der Waals surface area (Å²) in [4.78, 5) is 40.1. The van der Waals surface area contributed by atoms with Gasteiger partial charge in [-0.2, -0.15) is 0 Å². The van der Waals surface area contributed by atoms with Crippen LogP contribution in [0.1, 0.15) is 40.1 Å². The van der Waals surface area contributed by atoms with Gasteiger partial charge in [0, 0.05) is 11.3 Å². The molecule has 27 heavy (non-hydrogen) atoms. The quantitative estimate of drug-likeness (QED) is 0.351. The molecule has 0 bridgehead atoms. The Morgan fingerprint density at radius 3 is 2.41 bits per heavy atom. The minimum atomic E-state index is -0.837. The molecule has 2 aromatic carbocycles. The Balaban J connectivity index is 1.90. The number of esters is 1. The van der Waals surface area contributed by atoms with Crippen LogP contribution in [0.2, 0.25) is 0 Å². The third kappa shape index (κ3) is 5.78. The molecule has 1 atom stereocenters. The van der Waals surface area contributed by atoms with Crippen LogP contribution >= 0.6 is 0 Å². The van der Waals surface area contributed by atoms with E-state index in [0.29, 0.717) is 22.4 Å². The normalized spacial score (nSPS) is 11.7. The van der Waals surface area contributed by atoms with Crippen LogP contribution in [-0.4, -0.2) is 37.1 Å². The number of anilines is 1. The zero-order valence-corrected chi connectivity index (χ0v) is 15.3. The van der Waals surface area contributed by atoms with Crippen molar-refractivity contribution in [3.05, 3.63) is 65.2 Å². The van der Waals surface area contributed by atoms with Crippen molar-refractivity contribution >= 4 is 29.6 Å². The molecule has 0 radical (unpaired) electrons. The van der Waals surface area contributed by atoms with Crippen molar-refractivity contribution in [2.75, 3.05) is 12.4 Å². The molecular formula is C20H20N2O5. The zero-order chi connectivity index (χ0) is 19.8. The second-order valence-electron chi connectivity index (χ2n) is 5.72. The highest BCUT2D eigenvalue weighted by Gasteiger charge is 2.14. The lowest BCUT2D eigenvalue weighted by Gasteiger charge is -2.11. The van der Waals surface area contributed by atoms with Crippen molar-refractivity contribution in [2.24, 2.45) is 5.16 Å². The Bertz CT molecular complexity index is 859. The predicted molar refractivity (Wildman–Crippen MR) is 101 cm³/mol. The number of carbonyl (C=O) groups excluding carboxylic acids is 3. The van der Waals surface area contributed by atoms with Crippen molar-refractivity contribution in [3.8, 4) is 0 Å². The van der Waals surface area contributed by atoms with Crippen molar-refractivity contribution in [1.29, 1.82) is 0 Å². The van der Waals surface area contributed by atoms with E-state index in [2.05, 4.69) is 15.2 Å². The Labute approximate surface area is 157 Å². The lowest BCUT2D eigenvalue weighted by atomic mass is 10.1. The maximum Gasteiger partial charge on any atom is 0.337 e. The summed E-state index contributed by atoms with van der Waals surface area (Å²) in [5.74, 6) is -0.902. The van der Waals surface area contributed by atoms with Crippen LogP contribution < -0.4 is 5.32 Å². The van der Waals surface area contributed by atoms with E-state index in [1.165, 1.54) is 20.2 Å². The summed E-state index contributed by atoms with van der Waals surface area (Å²) in [6.45, 7) is 3.01. The van der Waals surface area contributed by atoms with Crippen LogP contribution in [0.5, 0.6) is 0 Å². The number of carbonyl (C=O) groups is 3. The fourth-order valence-electron chi connectivity index (χ4n) is 2.11. The standard InChI is InChI=1S/C20H20N2O5/c1-13(23)17-5-4-6-18(11-17)22-19(24)14(2)27-21-12-15-7-9-16(10-8-15)20(25)26-3/h4-12,14H,1-3H3,(H,22,24)/b21-12+. The molecule has 0 fully saturated rings. The number of nitrogens with one attached hydrogen (secondary N) is 1. The monoisotopic (exact) mass is 368 g/mol. The van der Waals surface area contributed by atoms with Crippen molar-refractivity contribution in [3.63, 3.8) is 0 Å². The number of oxime groups is 1. The molecule has 7 nitrogen and oxygen atoms in total. The van der Waals surface area contributed by atoms with E-state index in [-0.39, 0.29) is 5.78 Å². The summed E-state index contributed by atoms with van der Waals surface area (Å²) < 4.78 is 4.62. The van der Waals surface area contributed by atoms with Gasteiger partial charge in [-0.15, -0.1) is 0 Å². The van der Waals surface area contributed by atoms with E-state index in [1.807, 2.05) is 0 Å². The molecule has 2 rings (SSSR count). The van der Waals surface area contributed by atoms with Gasteiger partial charge in [-0.3, -0.25) is 9.59 Å². The molecule has 7 heteroatoms. The molecule has 140 valence electrons. The van der Waals surface area contributed by atoms with E-state index < -0.39 is 18.0 Å². The first-order valence-corrected chi connectivity index (χ1v) is 8.20. The van der Waals surface area contributed by atoms with Crippen molar-refractivity contribution in [2.45, 2.75) is 20.0 Å². The van der Waals surface area contributed by atoms with E-state index >= 15 is 0 Å². The Morgan fingerprint density at radius 2 is 1.78 bits per heavy atom. The Hall–Kier alpha value is -3.48. The van der Waals surface area contributed by atoms with Crippen molar-refractivity contribution < 1.29 is 24.0 Å². The molecule has 0 spiro atoms. The van der Waals surface area contributed by atoms with Crippen LogP contribution in [0, 0.1) is 0 Å². The minimum Gasteiger partial charge on any atom is -0.465 e. The van der Waals surface area contributed by atoms with Crippen LogP contribution in [-0.2, 0) is 14.4 Å². The molecular weight excluding hydrogens is 348 g/mol.